The summed E-state index contributed by atoms with van der Waals surface area (Å²) in [4.78, 5) is 24.1. The van der Waals surface area contributed by atoms with Gasteiger partial charge in [0.25, 0.3) is 5.91 Å². The number of halogens is 1. The van der Waals surface area contributed by atoms with Crippen LogP contribution in [0.3, 0.4) is 0 Å². The van der Waals surface area contributed by atoms with Gasteiger partial charge in [-0.2, -0.15) is 0 Å². The van der Waals surface area contributed by atoms with Gasteiger partial charge < -0.3 is 20.7 Å². The standard InChI is InChI=1S/C22H18ClN3O3/c1-29-20-10-9-15(11-19(20)23)26-22(28)25-14-7-5-13(6-8-14)16-3-2-4-17-18(16)12-24-21(17)27/h2-11H,12H2,1H3,(H,24,27)(H2,25,26,28). The first kappa shape index (κ1) is 18.8. The van der Waals surface area contributed by atoms with Crippen molar-refractivity contribution in [2.45, 2.75) is 6.54 Å². The third-order valence-corrected chi connectivity index (χ3v) is 5.01. The summed E-state index contributed by atoms with van der Waals surface area (Å²) in [5.74, 6) is 0.493. The lowest BCUT2D eigenvalue weighted by molar-refractivity contribution is 0.0965. The Kier molecular flexibility index (Phi) is 5.10. The predicted molar refractivity (Wildman–Crippen MR) is 114 cm³/mol. The number of ether oxygens (including phenoxy) is 1. The molecule has 3 N–H and O–H groups in total. The van der Waals surface area contributed by atoms with Crippen LogP contribution in [0.25, 0.3) is 11.1 Å². The Bertz CT molecular complexity index is 1100. The third kappa shape index (κ3) is 3.88. The van der Waals surface area contributed by atoms with Crippen molar-refractivity contribution < 1.29 is 14.3 Å². The number of fused-ring (bicyclic) bond motifs is 1. The van der Waals surface area contributed by atoms with Crippen molar-refractivity contribution >= 4 is 34.9 Å². The molecule has 0 spiro atoms. The minimum atomic E-state index is -0.380. The van der Waals surface area contributed by atoms with Crippen LogP contribution in [0.4, 0.5) is 16.2 Å². The highest BCUT2D eigenvalue weighted by molar-refractivity contribution is 6.32. The number of methoxy groups -OCH3 is 1. The minimum absolute atomic E-state index is 0.0459. The summed E-state index contributed by atoms with van der Waals surface area (Å²) in [7, 11) is 1.53. The molecule has 0 saturated heterocycles. The van der Waals surface area contributed by atoms with Crippen LogP contribution >= 0.6 is 11.6 Å². The van der Waals surface area contributed by atoms with E-state index in [1.54, 1.807) is 18.2 Å². The van der Waals surface area contributed by atoms with Crippen LogP contribution in [-0.4, -0.2) is 19.0 Å². The molecule has 0 unspecified atom stereocenters. The number of urea groups is 1. The predicted octanol–water partition coefficient (Wildman–Crippen LogP) is 4.90. The van der Waals surface area contributed by atoms with E-state index in [1.165, 1.54) is 7.11 Å². The lowest BCUT2D eigenvalue weighted by atomic mass is 9.97. The third-order valence-electron chi connectivity index (χ3n) is 4.71. The largest absolute Gasteiger partial charge is 0.495 e. The molecular formula is C22H18ClN3O3. The molecular weight excluding hydrogens is 390 g/mol. The molecule has 0 atom stereocenters. The molecule has 3 amide bonds. The van der Waals surface area contributed by atoms with Crippen LogP contribution in [0, 0.1) is 0 Å². The van der Waals surface area contributed by atoms with Crippen LogP contribution in [0.5, 0.6) is 5.75 Å². The number of benzene rings is 3. The van der Waals surface area contributed by atoms with Gasteiger partial charge in [-0.1, -0.05) is 35.9 Å². The van der Waals surface area contributed by atoms with E-state index in [0.29, 0.717) is 34.3 Å². The molecule has 4 rings (SSSR count). The number of rotatable bonds is 4. The van der Waals surface area contributed by atoms with Crippen molar-refractivity contribution in [1.82, 2.24) is 5.32 Å². The summed E-state index contributed by atoms with van der Waals surface area (Å²) >= 11 is 6.08. The van der Waals surface area contributed by atoms with Gasteiger partial charge >= 0.3 is 6.03 Å². The van der Waals surface area contributed by atoms with Gasteiger partial charge in [-0.3, -0.25) is 4.79 Å². The molecule has 146 valence electrons. The lowest BCUT2D eigenvalue weighted by Gasteiger charge is -2.11. The second-order valence-electron chi connectivity index (χ2n) is 6.52. The Labute approximate surface area is 172 Å². The summed E-state index contributed by atoms with van der Waals surface area (Å²) in [6.07, 6.45) is 0. The molecule has 3 aromatic carbocycles. The van der Waals surface area contributed by atoms with Gasteiger partial charge in [-0.25, -0.2) is 4.79 Å². The fourth-order valence-electron chi connectivity index (χ4n) is 3.30. The van der Waals surface area contributed by atoms with Crippen molar-refractivity contribution in [1.29, 1.82) is 0 Å². The zero-order valence-corrected chi connectivity index (χ0v) is 16.3. The van der Waals surface area contributed by atoms with Crippen LogP contribution in [0.15, 0.2) is 60.7 Å². The number of carbonyl (C=O) groups is 2. The first-order valence-corrected chi connectivity index (χ1v) is 9.35. The van der Waals surface area contributed by atoms with Crippen LogP contribution < -0.4 is 20.7 Å². The van der Waals surface area contributed by atoms with E-state index in [4.69, 9.17) is 16.3 Å². The summed E-state index contributed by atoms with van der Waals surface area (Å²) in [6.45, 7) is 0.525. The van der Waals surface area contributed by atoms with Crippen molar-refractivity contribution in [3.05, 3.63) is 76.8 Å². The molecule has 0 aliphatic carbocycles. The number of nitrogens with one attached hydrogen (secondary N) is 3. The molecule has 1 aliphatic rings. The summed E-state index contributed by atoms with van der Waals surface area (Å²) in [5, 5.41) is 8.78. The average Bonchev–Trinajstić information content (AvgIpc) is 3.10. The topological polar surface area (TPSA) is 79.5 Å². The normalized spacial score (nSPS) is 12.1. The smallest absolute Gasteiger partial charge is 0.323 e. The number of hydrogen-bond donors (Lipinski definition) is 3. The highest BCUT2D eigenvalue weighted by atomic mass is 35.5. The first-order valence-electron chi connectivity index (χ1n) is 8.97. The van der Waals surface area contributed by atoms with E-state index in [-0.39, 0.29) is 11.9 Å². The van der Waals surface area contributed by atoms with E-state index < -0.39 is 0 Å². The monoisotopic (exact) mass is 407 g/mol. The van der Waals surface area contributed by atoms with Gasteiger partial charge in [0, 0.05) is 23.5 Å². The van der Waals surface area contributed by atoms with E-state index in [1.807, 2.05) is 42.5 Å². The Hall–Kier alpha value is -3.51. The van der Waals surface area contributed by atoms with Gasteiger partial charge in [-0.05, 0) is 53.1 Å². The summed E-state index contributed by atoms with van der Waals surface area (Å²) in [6, 6.07) is 17.8. The quantitative estimate of drug-likeness (QED) is 0.575. The molecule has 1 aliphatic heterocycles. The molecule has 6 nitrogen and oxygen atoms in total. The van der Waals surface area contributed by atoms with Crippen LogP contribution in [-0.2, 0) is 6.54 Å². The van der Waals surface area contributed by atoms with Crippen molar-refractivity contribution in [3.63, 3.8) is 0 Å². The van der Waals surface area contributed by atoms with E-state index >= 15 is 0 Å². The van der Waals surface area contributed by atoms with Crippen LogP contribution in [0.2, 0.25) is 5.02 Å². The molecule has 0 radical (unpaired) electrons. The van der Waals surface area contributed by atoms with Gasteiger partial charge in [0.2, 0.25) is 0 Å². The molecule has 29 heavy (non-hydrogen) atoms. The van der Waals surface area contributed by atoms with Crippen molar-refractivity contribution in [3.8, 4) is 16.9 Å². The second kappa shape index (κ2) is 7.85. The van der Waals surface area contributed by atoms with E-state index in [2.05, 4.69) is 16.0 Å². The zero-order chi connectivity index (χ0) is 20.4. The second-order valence-corrected chi connectivity index (χ2v) is 6.93. The fourth-order valence-corrected chi connectivity index (χ4v) is 3.55. The Morgan fingerprint density at radius 1 is 1.00 bits per heavy atom. The molecule has 0 bridgehead atoms. The Morgan fingerprint density at radius 3 is 2.41 bits per heavy atom. The minimum Gasteiger partial charge on any atom is -0.495 e. The van der Waals surface area contributed by atoms with Gasteiger partial charge in [0.15, 0.2) is 0 Å². The molecule has 0 fully saturated rings. The fraction of sp³-hybridized carbons (Fsp3) is 0.0909. The molecule has 3 aromatic rings. The van der Waals surface area contributed by atoms with Gasteiger partial charge in [0.1, 0.15) is 5.75 Å². The lowest BCUT2D eigenvalue weighted by Crippen LogP contribution is -2.19. The average molecular weight is 408 g/mol. The first-order chi connectivity index (χ1) is 14.0. The molecule has 0 saturated carbocycles. The number of carbonyl (C=O) groups excluding carboxylic acids is 2. The van der Waals surface area contributed by atoms with Crippen molar-refractivity contribution in [2.24, 2.45) is 0 Å². The maximum absolute atomic E-state index is 12.2. The van der Waals surface area contributed by atoms with Gasteiger partial charge in [0.05, 0.1) is 12.1 Å². The summed E-state index contributed by atoms with van der Waals surface area (Å²) in [5.41, 5.74) is 4.89. The Morgan fingerprint density at radius 2 is 1.69 bits per heavy atom. The highest BCUT2D eigenvalue weighted by Crippen LogP contribution is 2.30. The highest BCUT2D eigenvalue weighted by Gasteiger charge is 2.21. The van der Waals surface area contributed by atoms with E-state index in [9.17, 15) is 9.59 Å². The number of amides is 3. The number of hydrogen-bond acceptors (Lipinski definition) is 3. The molecule has 1 heterocycles. The zero-order valence-electron chi connectivity index (χ0n) is 15.6. The van der Waals surface area contributed by atoms with Crippen molar-refractivity contribution in [2.75, 3.05) is 17.7 Å². The maximum atomic E-state index is 12.2. The van der Waals surface area contributed by atoms with E-state index in [0.717, 1.165) is 16.7 Å². The SMILES string of the molecule is COc1ccc(NC(=O)Nc2ccc(-c3cccc4c3CNC4=O)cc2)cc1Cl. The van der Waals surface area contributed by atoms with Gasteiger partial charge in [-0.15, -0.1) is 0 Å². The Balaban J connectivity index is 1.46. The molecule has 0 aromatic heterocycles. The summed E-state index contributed by atoms with van der Waals surface area (Å²) < 4.78 is 5.10. The molecule has 7 heteroatoms. The van der Waals surface area contributed by atoms with Crippen LogP contribution in [0.1, 0.15) is 15.9 Å². The number of anilines is 2. The maximum Gasteiger partial charge on any atom is 0.323 e.